The zero-order chi connectivity index (χ0) is 22.5. The first-order valence-corrected chi connectivity index (χ1v) is 10.6. The summed E-state index contributed by atoms with van der Waals surface area (Å²) in [6, 6.07) is 7.00. The molecule has 166 valence electrons. The molecule has 0 saturated carbocycles. The zero-order valence-corrected chi connectivity index (χ0v) is 19.0. The minimum atomic E-state index is -1.03. The summed E-state index contributed by atoms with van der Waals surface area (Å²) in [5.41, 5.74) is 2.16. The van der Waals surface area contributed by atoms with Crippen molar-refractivity contribution in [2.75, 3.05) is 31.2 Å². The Hall–Kier alpha value is -2.39. The largest absolute Gasteiger partial charge is 0.488 e. The van der Waals surface area contributed by atoms with E-state index in [0.717, 1.165) is 30.2 Å². The van der Waals surface area contributed by atoms with Gasteiger partial charge in [0.15, 0.2) is 5.75 Å². The van der Waals surface area contributed by atoms with Crippen molar-refractivity contribution in [1.29, 1.82) is 0 Å². The molecule has 3 rings (SSSR count). The summed E-state index contributed by atoms with van der Waals surface area (Å²) in [5, 5.41) is 22.9. The number of rotatable bonds is 9. The lowest BCUT2D eigenvalue weighted by molar-refractivity contribution is 0.0537. The first-order chi connectivity index (χ1) is 14.9. The van der Waals surface area contributed by atoms with E-state index in [0.29, 0.717) is 17.3 Å². The minimum Gasteiger partial charge on any atom is -0.488 e. The molecule has 8 nitrogen and oxygen atoms in total. The molecule has 2 heterocycles. The lowest BCUT2D eigenvalue weighted by atomic mass is 10.2. The highest BCUT2D eigenvalue weighted by atomic mass is 35.5. The van der Waals surface area contributed by atoms with Gasteiger partial charge in [0.2, 0.25) is 5.82 Å². The Kier molecular flexibility index (Phi) is 7.72. The van der Waals surface area contributed by atoms with Gasteiger partial charge in [-0.3, -0.25) is 0 Å². The van der Waals surface area contributed by atoms with Gasteiger partial charge < -0.3 is 24.4 Å². The average Bonchev–Trinajstić information content (AvgIpc) is 3.24. The van der Waals surface area contributed by atoms with Crippen LogP contribution in [0.2, 0.25) is 10.0 Å². The molecule has 0 fully saturated rings. The van der Waals surface area contributed by atoms with E-state index in [-0.39, 0.29) is 22.4 Å². The molecular formula is C21H24Cl2N4O4. The van der Waals surface area contributed by atoms with E-state index in [1.54, 1.807) is 12.1 Å². The number of aromatic nitrogens is 3. The van der Waals surface area contributed by atoms with Crippen molar-refractivity contribution < 1.29 is 19.5 Å². The standard InChI is InChI=1S/C21H24Cl2N4O4/c1-4-27(5-2)18-9-14(6-12(3)24-18)21-25-20(26-31-21)13-7-16(22)19(17(23)8-13)30-11-15(29)10-28/h6-9,15,28-29H,4-5,10-11H2,1-3H3. The predicted octanol–water partition coefficient (Wildman–Crippen LogP) is 3.99. The minimum absolute atomic E-state index is 0.141. The number of halogens is 2. The molecule has 2 N–H and O–H groups in total. The van der Waals surface area contributed by atoms with E-state index in [9.17, 15) is 5.11 Å². The number of hydrogen-bond donors (Lipinski definition) is 2. The van der Waals surface area contributed by atoms with Gasteiger partial charge in [-0.1, -0.05) is 28.4 Å². The molecule has 0 amide bonds. The number of anilines is 1. The van der Waals surface area contributed by atoms with Crippen LogP contribution in [0, 0.1) is 6.92 Å². The average molecular weight is 467 g/mol. The molecule has 0 aliphatic rings. The quantitative estimate of drug-likeness (QED) is 0.487. The van der Waals surface area contributed by atoms with Crippen LogP contribution in [0.5, 0.6) is 5.75 Å². The Morgan fingerprint density at radius 3 is 2.35 bits per heavy atom. The monoisotopic (exact) mass is 466 g/mol. The number of hydrogen-bond acceptors (Lipinski definition) is 8. The topological polar surface area (TPSA) is 105 Å². The fraction of sp³-hybridized carbons (Fsp3) is 0.381. The van der Waals surface area contributed by atoms with Crippen LogP contribution in [0.25, 0.3) is 22.8 Å². The molecule has 0 spiro atoms. The number of aliphatic hydroxyl groups excluding tert-OH is 2. The van der Waals surface area contributed by atoms with Gasteiger partial charge in [-0.15, -0.1) is 0 Å². The SMILES string of the molecule is CCN(CC)c1cc(-c2nc(-c3cc(Cl)c(OCC(O)CO)c(Cl)c3)no2)cc(C)n1. The summed E-state index contributed by atoms with van der Waals surface area (Å²) in [6.45, 7) is 7.16. The molecule has 0 aliphatic carbocycles. The highest BCUT2D eigenvalue weighted by Crippen LogP contribution is 2.37. The Labute approximate surface area is 190 Å². The summed E-state index contributed by atoms with van der Waals surface area (Å²) < 4.78 is 10.9. The van der Waals surface area contributed by atoms with Crippen LogP contribution in [0.3, 0.4) is 0 Å². The smallest absolute Gasteiger partial charge is 0.258 e. The van der Waals surface area contributed by atoms with Gasteiger partial charge in [-0.25, -0.2) is 4.98 Å². The van der Waals surface area contributed by atoms with E-state index in [1.165, 1.54) is 0 Å². The second kappa shape index (κ2) is 10.3. The lowest BCUT2D eigenvalue weighted by Gasteiger charge is -2.20. The van der Waals surface area contributed by atoms with Crippen molar-refractivity contribution in [3.63, 3.8) is 0 Å². The highest BCUT2D eigenvalue weighted by Gasteiger charge is 2.18. The Bertz CT molecular complexity index is 1020. The third kappa shape index (κ3) is 5.46. The van der Waals surface area contributed by atoms with Crippen molar-refractivity contribution >= 4 is 29.0 Å². The molecule has 31 heavy (non-hydrogen) atoms. The second-order valence-electron chi connectivity index (χ2n) is 6.87. The van der Waals surface area contributed by atoms with Crippen LogP contribution in [0.1, 0.15) is 19.5 Å². The first-order valence-electron chi connectivity index (χ1n) is 9.85. The molecule has 10 heteroatoms. The van der Waals surface area contributed by atoms with Gasteiger partial charge in [0.25, 0.3) is 5.89 Å². The first kappa shape index (κ1) is 23.3. The Morgan fingerprint density at radius 1 is 1.06 bits per heavy atom. The van der Waals surface area contributed by atoms with Crippen molar-refractivity contribution in [3.05, 3.63) is 40.0 Å². The van der Waals surface area contributed by atoms with Crippen molar-refractivity contribution in [1.82, 2.24) is 15.1 Å². The molecule has 0 aliphatic heterocycles. The van der Waals surface area contributed by atoms with E-state index in [2.05, 4.69) is 33.9 Å². The molecule has 0 bridgehead atoms. The molecule has 1 atom stereocenters. The fourth-order valence-electron chi connectivity index (χ4n) is 3.00. The summed E-state index contributed by atoms with van der Waals surface area (Å²) in [4.78, 5) is 11.2. The Balaban J connectivity index is 1.89. The van der Waals surface area contributed by atoms with E-state index in [1.807, 2.05) is 19.1 Å². The van der Waals surface area contributed by atoms with E-state index < -0.39 is 12.7 Å². The molecule has 3 aromatic rings. The molecule has 0 radical (unpaired) electrons. The maximum Gasteiger partial charge on any atom is 0.258 e. The van der Waals surface area contributed by atoms with Gasteiger partial charge in [-0.2, -0.15) is 4.98 Å². The van der Waals surface area contributed by atoms with Gasteiger partial charge >= 0.3 is 0 Å². The highest BCUT2D eigenvalue weighted by molar-refractivity contribution is 6.37. The van der Waals surface area contributed by atoms with Crippen LogP contribution in [0.4, 0.5) is 5.82 Å². The van der Waals surface area contributed by atoms with Crippen molar-refractivity contribution in [2.24, 2.45) is 0 Å². The van der Waals surface area contributed by atoms with Crippen LogP contribution in [-0.4, -0.2) is 57.7 Å². The molecule has 1 aromatic carbocycles. The number of aliphatic hydroxyl groups is 2. The van der Waals surface area contributed by atoms with Gasteiger partial charge in [0.1, 0.15) is 18.5 Å². The number of aryl methyl sites for hydroxylation is 1. The van der Waals surface area contributed by atoms with E-state index >= 15 is 0 Å². The maximum absolute atomic E-state index is 9.45. The van der Waals surface area contributed by atoms with E-state index in [4.69, 9.17) is 37.6 Å². The maximum atomic E-state index is 9.45. The molecule has 1 unspecified atom stereocenters. The predicted molar refractivity (Wildman–Crippen MR) is 120 cm³/mol. The van der Waals surface area contributed by atoms with Crippen LogP contribution < -0.4 is 9.64 Å². The van der Waals surface area contributed by atoms with Crippen LogP contribution in [0.15, 0.2) is 28.8 Å². The third-order valence-corrected chi connectivity index (χ3v) is 5.15. The summed E-state index contributed by atoms with van der Waals surface area (Å²) in [6.07, 6.45) is -1.03. The zero-order valence-electron chi connectivity index (χ0n) is 17.5. The third-order valence-electron chi connectivity index (χ3n) is 4.59. The number of pyridine rings is 1. The second-order valence-corrected chi connectivity index (χ2v) is 7.68. The summed E-state index contributed by atoms with van der Waals surface area (Å²) in [5.74, 6) is 1.72. The lowest BCUT2D eigenvalue weighted by Crippen LogP contribution is -2.23. The van der Waals surface area contributed by atoms with Gasteiger partial charge in [-0.05, 0) is 45.0 Å². The molecule has 0 saturated heterocycles. The van der Waals surface area contributed by atoms with Crippen LogP contribution >= 0.6 is 23.2 Å². The van der Waals surface area contributed by atoms with Crippen molar-refractivity contribution in [2.45, 2.75) is 26.9 Å². The molecule has 2 aromatic heterocycles. The Morgan fingerprint density at radius 2 is 1.74 bits per heavy atom. The summed E-state index contributed by atoms with van der Waals surface area (Å²) >= 11 is 12.6. The van der Waals surface area contributed by atoms with Gasteiger partial charge in [0.05, 0.1) is 16.7 Å². The fourth-order valence-corrected chi connectivity index (χ4v) is 3.60. The van der Waals surface area contributed by atoms with Crippen LogP contribution in [-0.2, 0) is 0 Å². The number of nitrogens with zero attached hydrogens (tertiary/aromatic N) is 4. The molecular weight excluding hydrogens is 443 g/mol. The normalized spacial score (nSPS) is 12.1. The summed E-state index contributed by atoms with van der Waals surface area (Å²) in [7, 11) is 0. The van der Waals surface area contributed by atoms with Gasteiger partial charge in [0, 0.05) is 29.9 Å². The number of ether oxygens (including phenoxy) is 1. The van der Waals surface area contributed by atoms with Crippen molar-refractivity contribution in [3.8, 4) is 28.6 Å². The number of benzene rings is 1.